The average molecular weight is 333 g/mol. The minimum absolute atomic E-state index is 0. The van der Waals surface area contributed by atoms with E-state index in [4.69, 9.17) is 10.5 Å². The number of benzene rings is 1. The topological polar surface area (TPSA) is 55.6 Å². The minimum atomic E-state index is -0.174. The van der Waals surface area contributed by atoms with Gasteiger partial charge in [0.15, 0.2) is 0 Å². The van der Waals surface area contributed by atoms with Crippen molar-refractivity contribution in [1.29, 1.82) is 0 Å². The molecule has 0 heterocycles. The highest BCUT2D eigenvalue weighted by molar-refractivity contribution is 7.98. The number of nitrogens with two attached hydrogens (primary N) is 1. The van der Waals surface area contributed by atoms with Gasteiger partial charge in [-0.2, -0.15) is 0 Å². The summed E-state index contributed by atoms with van der Waals surface area (Å²) in [6.07, 6.45) is 2.01. The smallest absolute Gasteiger partial charge is 0.226 e. The maximum Gasteiger partial charge on any atom is 0.226 e. The number of carbonyl (C=O) groups excluding carboxylic acids is 1. The Bertz CT molecular complexity index is 469. The van der Waals surface area contributed by atoms with E-state index < -0.39 is 0 Å². The number of amides is 1. The predicted molar refractivity (Wildman–Crippen MR) is 91.3 cm³/mol. The highest BCUT2D eigenvalue weighted by atomic mass is 35.5. The van der Waals surface area contributed by atoms with E-state index in [-0.39, 0.29) is 30.3 Å². The average Bonchev–Trinajstić information content (AvgIpc) is 2.45. The van der Waals surface area contributed by atoms with E-state index in [1.54, 1.807) is 30.8 Å². The van der Waals surface area contributed by atoms with Crippen LogP contribution in [0.3, 0.4) is 0 Å². The first-order valence-corrected chi connectivity index (χ1v) is 7.84. The quantitative estimate of drug-likeness (QED) is 0.814. The van der Waals surface area contributed by atoms with Crippen LogP contribution in [0, 0.1) is 5.92 Å². The van der Waals surface area contributed by atoms with Crippen LogP contribution >= 0.6 is 24.2 Å². The summed E-state index contributed by atoms with van der Waals surface area (Å²) >= 11 is 1.64. The van der Waals surface area contributed by atoms with Gasteiger partial charge in [0, 0.05) is 24.5 Å². The Hall–Kier alpha value is -0.910. The van der Waals surface area contributed by atoms with Gasteiger partial charge >= 0.3 is 0 Å². The van der Waals surface area contributed by atoms with Gasteiger partial charge in [-0.3, -0.25) is 4.79 Å². The molecule has 0 spiro atoms. The molecule has 1 amide bonds. The van der Waals surface area contributed by atoms with Crippen molar-refractivity contribution in [1.82, 2.24) is 4.90 Å². The van der Waals surface area contributed by atoms with Gasteiger partial charge in [-0.15, -0.1) is 24.2 Å². The normalized spacial score (nSPS) is 13.0. The van der Waals surface area contributed by atoms with E-state index in [9.17, 15) is 4.79 Å². The first-order valence-electron chi connectivity index (χ1n) is 6.62. The molecule has 0 aliphatic carbocycles. The summed E-state index contributed by atoms with van der Waals surface area (Å²) in [7, 11) is 3.46. The molecule has 2 N–H and O–H groups in total. The number of carbonyl (C=O) groups is 1. The van der Waals surface area contributed by atoms with E-state index in [0.717, 1.165) is 16.2 Å². The van der Waals surface area contributed by atoms with Crippen LogP contribution < -0.4 is 10.5 Å². The van der Waals surface area contributed by atoms with E-state index in [1.165, 1.54) is 0 Å². The van der Waals surface area contributed by atoms with Crippen LogP contribution in [0.15, 0.2) is 23.1 Å². The van der Waals surface area contributed by atoms with Gasteiger partial charge in [-0.25, -0.2) is 0 Å². The van der Waals surface area contributed by atoms with E-state index in [1.807, 2.05) is 38.3 Å². The molecule has 120 valence electrons. The highest BCUT2D eigenvalue weighted by Crippen LogP contribution is 2.28. The molecule has 1 aromatic rings. The van der Waals surface area contributed by atoms with Crippen LogP contribution in [0.2, 0.25) is 0 Å². The van der Waals surface area contributed by atoms with Gasteiger partial charge < -0.3 is 15.4 Å². The molecule has 0 radical (unpaired) electrons. The maximum atomic E-state index is 12.2. The molecule has 4 nitrogen and oxygen atoms in total. The van der Waals surface area contributed by atoms with Crippen LogP contribution in [0.1, 0.15) is 19.4 Å². The molecular weight excluding hydrogens is 308 g/mol. The summed E-state index contributed by atoms with van der Waals surface area (Å²) in [6.45, 7) is 4.27. The van der Waals surface area contributed by atoms with Gasteiger partial charge in [-0.1, -0.05) is 13.0 Å². The summed E-state index contributed by atoms with van der Waals surface area (Å²) in [5.74, 6) is 0.733. The zero-order valence-corrected chi connectivity index (χ0v) is 14.9. The standard InChI is InChI=1S/C15H24N2O2S.ClH/c1-10(11(2)16)15(18)17(3)9-12-6-7-14(20-5)13(8-12)19-4;/h6-8,10-11H,9,16H2,1-5H3;1H. The third kappa shape index (κ3) is 5.41. The van der Waals surface area contributed by atoms with Crippen LogP contribution in [-0.4, -0.2) is 37.3 Å². The molecule has 0 aliphatic heterocycles. The molecule has 0 bridgehead atoms. The number of rotatable bonds is 6. The Kier molecular flexibility index (Phi) is 8.78. The van der Waals surface area contributed by atoms with Crippen molar-refractivity contribution in [3.05, 3.63) is 23.8 Å². The maximum absolute atomic E-state index is 12.2. The summed E-state index contributed by atoms with van der Waals surface area (Å²) in [5.41, 5.74) is 6.83. The molecule has 2 unspecified atom stereocenters. The Balaban J connectivity index is 0.00000400. The fourth-order valence-electron chi connectivity index (χ4n) is 1.90. The molecule has 21 heavy (non-hydrogen) atoms. The second kappa shape index (κ2) is 9.18. The SMILES string of the molecule is COc1cc(CN(C)C(=O)C(C)C(C)N)ccc1SC.Cl. The molecule has 1 aromatic carbocycles. The number of hydrogen-bond acceptors (Lipinski definition) is 4. The number of methoxy groups -OCH3 is 1. The zero-order chi connectivity index (χ0) is 15.3. The van der Waals surface area contributed by atoms with Gasteiger partial charge in [0.25, 0.3) is 0 Å². The number of nitrogens with zero attached hydrogens (tertiary/aromatic N) is 1. The lowest BCUT2D eigenvalue weighted by atomic mass is 10.0. The number of hydrogen-bond donors (Lipinski definition) is 1. The third-order valence-electron chi connectivity index (χ3n) is 3.42. The second-order valence-electron chi connectivity index (χ2n) is 5.03. The monoisotopic (exact) mass is 332 g/mol. The first kappa shape index (κ1) is 20.1. The lowest BCUT2D eigenvalue weighted by Crippen LogP contribution is -2.39. The molecule has 0 fully saturated rings. The Morgan fingerprint density at radius 2 is 2.05 bits per heavy atom. The highest BCUT2D eigenvalue weighted by Gasteiger charge is 2.21. The van der Waals surface area contributed by atoms with Crippen LogP contribution in [0.25, 0.3) is 0 Å². The molecule has 0 aliphatic rings. The number of thioether (sulfide) groups is 1. The summed E-state index contributed by atoms with van der Waals surface area (Å²) in [4.78, 5) is 15.0. The second-order valence-corrected chi connectivity index (χ2v) is 5.88. The predicted octanol–water partition coefficient (Wildman–Crippen LogP) is 2.78. The molecular formula is C15H25ClN2O2S. The van der Waals surface area contributed by atoms with Crippen LogP contribution in [-0.2, 0) is 11.3 Å². The molecule has 1 rings (SSSR count). The van der Waals surface area contributed by atoms with Crippen molar-refractivity contribution in [3.8, 4) is 5.75 Å². The molecule has 6 heteroatoms. The van der Waals surface area contributed by atoms with Crippen LogP contribution in [0.5, 0.6) is 5.75 Å². The largest absolute Gasteiger partial charge is 0.496 e. The van der Waals surface area contributed by atoms with Crippen molar-refractivity contribution in [2.45, 2.75) is 31.3 Å². The van der Waals surface area contributed by atoms with Gasteiger partial charge in [0.1, 0.15) is 5.75 Å². The lowest BCUT2D eigenvalue weighted by molar-refractivity contribution is -0.134. The summed E-state index contributed by atoms with van der Waals surface area (Å²) < 4.78 is 5.36. The van der Waals surface area contributed by atoms with E-state index in [2.05, 4.69) is 0 Å². The lowest BCUT2D eigenvalue weighted by Gasteiger charge is -2.23. The Morgan fingerprint density at radius 3 is 2.52 bits per heavy atom. The van der Waals surface area contributed by atoms with Crippen molar-refractivity contribution in [2.75, 3.05) is 20.4 Å². The Morgan fingerprint density at radius 1 is 1.43 bits per heavy atom. The fraction of sp³-hybridized carbons (Fsp3) is 0.533. The summed E-state index contributed by atoms with van der Waals surface area (Å²) in [5, 5.41) is 0. The van der Waals surface area contributed by atoms with Crippen LogP contribution in [0.4, 0.5) is 0 Å². The minimum Gasteiger partial charge on any atom is -0.496 e. The van der Waals surface area contributed by atoms with Crippen molar-refractivity contribution in [2.24, 2.45) is 11.7 Å². The van der Waals surface area contributed by atoms with Crippen molar-refractivity contribution < 1.29 is 9.53 Å². The summed E-state index contributed by atoms with van der Waals surface area (Å²) in [6, 6.07) is 5.88. The third-order valence-corrected chi connectivity index (χ3v) is 4.20. The zero-order valence-electron chi connectivity index (χ0n) is 13.3. The number of halogens is 1. The molecule has 0 aromatic heterocycles. The van der Waals surface area contributed by atoms with Gasteiger partial charge in [-0.05, 0) is 30.9 Å². The van der Waals surface area contributed by atoms with Gasteiger partial charge in [0.2, 0.25) is 5.91 Å². The number of ether oxygens (including phenoxy) is 1. The fourth-order valence-corrected chi connectivity index (χ4v) is 2.45. The Labute approximate surface area is 137 Å². The van der Waals surface area contributed by atoms with E-state index in [0.29, 0.717) is 6.54 Å². The van der Waals surface area contributed by atoms with Gasteiger partial charge in [0.05, 0.1) is 13.0 Å². The molecule has 2 atom stereocenters. The van der Waals surface area contributed by atoms with E-state index >= 15 is 0 Å². The van der Waals surface area contributed by atoms with Crippen molar-refractivity contribution in [3.63, 3.8) is 0 Å². The molecule has 0 saturated heterocycles. The molecule has 0 saturated carbocycles. The first-order chi connectivity index (χ1) is 9.40. The van der Waals surface area contributed by atoms with Crippen molar-refractivity contribution >= 4 is 30.1 Å².